The van der Waals surface area contributed by atoms with Crippen LogP contribution in [-0.4, -0.2) is 75.8 Å². The number of hydrogen-bond donors (Lipinski definition) is 5. The Bertz CT molecular complexity index is 409. The summed E-state index contributed by atoms with van der Waals surface area (Å²) in [5.41, 5.74) is 0. The van der Waals surface area contributed by atoms with E-state index in [0.717, 1.165) is 12.8 Å². The molecule has 8 heteroatoms. The monoisotopic (exact) mass is 331 g/mol. The molecule has 2 rings (SSSR count). The maximum absolute atomic E-state index is 11.3. The van der Waals surface area contributed by atoms with E-state index in [9.17, 15) is 20.1 Å². The van der Waals surface area contributed by atoms with Gasteiger partial charge in [0.2, 0.25) is 5.91 Å². The highest BCUT2D eigenvalue weighted by atomic mass is 16.7. The van der Waals surface area contributed by atoms with Crippen LogP contribution < -0.4 is 5.32 Å². The smallest absolute Gasteiger partial charge is 0.243 e. The Balaban J connectivity index is 1.83. The maximum atomic E-state index is 11.3. The van der Waals surface area contributed by atoms with Crippen LogP contribution in [0.2, 0.25) is 0 Å². The zero-order valence-electron chi connectivity index (χ0n) is 12.9. The van der Waals surface area contributed by atoms with Crippen molar-refractivity contribution in [3.05, 3.63) is 12.7 Å². The summed E-state index contributed by atoms with van der Waals surface area (Å²) in [6.07, 6.45) is -2.46. The van der Waals surface area contributed by atoms with Crippen molar-refractivity contribution in [3.63, 3.8) is 0 Å². The summed E-state index contributed by atoms with van der Waals surface area (Å²) in [4.78, 5) is 11.3. The van der Waals surface area contributed by atoms with Crippen molar-refractivity contribution in [2.24, 2.45) is 0 Å². The van der Waals surface area contributed by atoms with Crippen LogP contribution in [0.25, 0.3) is 0 Å². The Morgan fingerprint density at radius 2 is 1.83 bits per heavy atom. The molecule has 0 aromatic rings. The molecule has 0 radical (unpaired) electrons. The van der Waals surface area contributed by atoms with Crippen molar-refractivity contribution < 1.29 is 34.7 Å². The number of carbonyl (C=O) groups excluding carboxylic acids is 1. The zero-order valence-corrected chi connectivity index (χ0v) is 12.9. The largest absolute Gasteiger partial charge is 0.394 e. The standard InChI is InChI=1S/C15H25NO7/c1-2-11(18)16-8-3-5-9(6-4-8)22-15-14(21)13(20)12(19)10(7-17)23-15/h2,8-10,12-15,17,19-21H,1,3-7H2,(H,16,18). The molecule has 132 valence electrons. The minimum absolute atomic E-state index is 0.0650. The van der Waals surface area contributed by atoms with Crippen LogP contribution in [0.5, 0.6) is 0 Å². The Morgan fingerprint density at radius 1 is 1.17 bits per heavy atom. The van der Waals surface area contributed by atoms with Crippen LogP contribution in [-0.2, 0) is 14.3 Å². The molecule has 0 aromatic heterocycles. The number of aliphatic hydroxyl groups excluding tert-OH is 4. The van der Waals surface area contributed by atoms with Crippen LogP contribution in [0.15, 0.2) is 12.7 Å². The van der Waals surface area contributed by atoms with Gasteiger partial charge in [0.1, 0.15) is 24.4 Å². The Kier molecular flexibility index (Phi) is 6.51. The van der Waals surface area contributed by atoms with Crippen LogP contribution in [0.1, 0.15) is 25.7 Å². The quantitative estimate of drug-likeness (QED) is 0.384. The molecule has 1 aliphatic heterocycles. The molecule has 5 atom stereocenters. The van der Waals surface area contributed by atoms with E-state index in [1.807, 2.05) is 0 Å². The Hall–Kier alpha value is -1.03. The molecular weight excluding hydrogens is 306 g/mol. The van der Waals surface area contributed by atoms with E-state index < -0.39 is 37.3 Å². The van der Waals surface area contributed by atoms with Crippen molar-refractivity contribution >= 4 is 5.91 Å². The molecular formula is C15H25NO7. The molecule has 8 nitrogen and oxygen atoms in total. The van der Waals surface area contributed by atoms with Gasteiger partial charge >= 0.3 is 0 Å². The van der Waals surface area contributed by atoms with Crippen LogP contribution in [0.4, 0.5) is 0 Å². The first kappa shape index (κ1) is 18.3. The fourth-order valence-corrected chi connectivity index (χ4v) is 2.97. The molecule has 5 unspecified atom stereocenters. The highest BCUT2D eigenvalue weighted by molar-refractivity contribution is 5.87. The van der Waals surface area contributed by atoms with Gasteiger partial charge in [-0.05, 0) is 31.8 Å². The zero-order chi connectivity index (χ0) is 17.0. The lowest BCUT2D eigenvalue weighted by Gasteiger charge is -2.41. The van der Waals surface area contributed by atoms with Gasteiger partial charge in [-0.2, -0.15) is 0 Å². The summed E-state index contributed by atoms with van der Waals surface area (Å²) >= 11 is 0. The fourth-order valence-electron chi connectivity index (χ4n) is 2.97. The average molecular weight is 331 g/mol. The number of ether oxygens (including phenoxy) is 2. The van der Waals surface area contributed by atoms with Gasteiger partial charge < -0.3 is 35.2 Å². The van der Waals surface area contributed by atoms with E-state index >= 15 is 0 Å². The van der Waals surface area contributed by atoms with Crippen LogP contribution in [0, 0.1) is 0 Å². The topological polar surface area (TPSA) is 128 Å². The molecule has 5 N–H and O–H groups in total. The molecule has 0 bridgehead atoms. The Morgan fingerprint density at radius 3 is 2.39 bits per heavy atom. The van der Waals surface area contributed by atoms with Crippen molar-refractivity contribution in [2.45, 2.75) is 68.5 Å². The minimum atomic E-state index is -1.44. The fraction of sp³-hybridized carbons (Fsp3) is 0.800. The van der Waals surface area contributed by atoms with Gasteiger partial charge in [0, 0.05) is 6.04 Å². The SMILES string of the molecule is C=CC(=O)NC1CCC(OC2OC(CO)C(O)C(O)C2O)CC1. The summed E-state index contributed by atoms with van der Waals surface area (Å²) in [5.74, 6) is -0.205. The highest BCUT2D eigenvalue weighted by Crippen LogP contribution is 2.27. The summed E-state index contributed by atoms with van der Waals surface area (Å²) in [7, 11) is 0. The lowest BCUT2D eigenvalue weighted by atomic mass is 9.92. The average Bonchev–Trinajstić information content (AvgIpc) is 2.56. The number of carbonyl (C=O) groups is 1. The first-order valence-electron chi connectivity index (χ1n) is 7.85. The van der Waals surface area contributed by atoms with Crippen molar-refractivity contribution in [2.75, 3.05) is 6.61 Å². The van der Waals surface area contributed by atoms with Crippen molar-refractivity contribution in [1.82, 2.24) is 5.32 Å². The summed E-state index contributed by atoms with van der Waals surface area (Å²) < 4.78 is 11.0. The molecule has 1 heterocycles. The number of aliphatic hydroxyl groups is 4. The number of hydrogen-bond acceptors (Lipinski definition) is 7. The molecule has 23 heavy (non-hydrogen) atoms. The first-order chi connectivity index (χ1) is 11.0. The molecule has 1 amide bonds. The maximum Gasteiger partial charge on any atom is 0.243 e. The van der Waals surface area contributed by atoms with Gasteiger partial charge in [-0.1, -0.05) is 6.58 Å². The normalized spacial score (nSPS) is 41.3. The van der Waals surface area contributed by atoms with Crippen LogP contribution >= 0.6 is 0 Å². The van der Waals surface area contributed by atoms with E-state index in [0.29, 0.717) is 12.8 Å². The van der Waals surface area contributed by atoms with Crippen molar-refractivity contribution in [3.8, 4) is 0 Å². The second kappa shape index (κ2) is 8.18. The van der Waals surface area contributed by atoms with Gasteiger partial charge in [0.15, 0.2) is 6.29 Å². The van der Waals surface area contributed by atoms with E-state index in [1.165, 1.54) is 6.08 Å². The predicted octanol–water partition coefficient (Wildman–Crippen LogP) is -1.58. The first-order valence-corrected chi connectivity index (χ1v) is 7.85. The number of rotatable bonds is 5. The Labute approximate surface area is 134 Å². The van der Waals surface area contributed by atoms with Crippen LogP contribution in [0.3, 0.4) is 0 Å². The summed E-state index contributed by atoms with van der Waals surface area (Å²) in [5, 5.41) is 41.4. The van der Waals surface area contributed by atoms with E-state index in [4.69, 9.17) is 14.6 Å². The number of amides is 1. The van der Waals surface area contributed by atoms with Gasteiger partial charge in [-0.3, -0.25) is 4.79 Å². The van der Waals surface area contributed by atoms with Gasteiger partial charge in [-0.15, -0.1) is 0 Å². The molecule has 2 aliphatic rings. The summed E-state index contributed by atoms with van der Waals surface area (Å²) in [6.45, 7) is 2.93. The highest BCUT2D eigenvalue weighted by Gasteiger charge is 2.45. The second-order valence-electron chi connectivity index (χ2n) is 6.02. The molecule has 0 aromatic carbocycles. The molecule has 2 fully saturated rings. The van der Waals surface area contributed by atoms with Gasteiger partial charge in [-0.25, -0.2) is 0 Å². The predicted molar refractivity (Wildman–Crippen MR) is 79.2 cm³/mol. The molecule has 0 spiro atoms. The lowest BCUT2D eigenvalue weighted by Crippen LogP contribution is -2.59. The summed E-state index contributed by atoms with van der Waals surface area (Å²) in [6, 6.07) is 0.0650. The van der Waals surface area contributed by atoms with E-state index in [2.05, 4.69) is 11.9 Å². The second-order valence-corrected chi connectivity index (χ2v) is 6.02. The molecule has 1 aliphatic carbocycles. The third-order valence-electron chi connectivity index (χ3n) is 4.38. The number of nitrogens with one attached hydrogen (secondary N) is 1. The third-order valence-corrected chi connectivity index (χ3v) is 4.38. The van der Waals surface area contributed by atoms with Crippen molar-refractivity contribution in [1.29, 1.82) is 0 Å². The molecule has 1 saturated heterocycles. The third kappa shape index (κ3) is 4.50. The van der Waals surface area contributed by atoms with Gasteiger partial charge in [0.25, 0.3) is 0 Å². The van der Waals surface area contributed by atoms with Gasteiger partial charge in [0.05, 0.1) is 12.7 Å². The lowest BCUT2D eigenvalue weighted by molar-refractivity contribution is -0.313. The van der Waals surface area contributed by atoms with E-state index in [1.54, 1.807) is 0 Å². The van der Waals surface area contributed by atoms with E-state index in [-0.39, 0.29) is 18.1 Å². The molecule has 1 saturated carbocycles. The minimum Gasteiger partial charge on any atom is -0.394 e.